The summed E-state index contributed by atoms with van der Waals surface area (Å²) in [4.78, 5) is 0. The maximum absolute atomic E-state index is 2.38. The molecule has 0 amide bonds. The van der Waals surface area contributed by atoms with Crippen LogP contribution in [0.4, 0.5) is 0 Å². The predicted octanol–water partition coefficient (Wildman–Crippen LogP) is 6.77. The smallest absolute Gasteiger partial charge is 0.0162 e. The lowest BCUT2D eigenvalue weighted by Gasteiger charge is -2.20. The standard InChI is InChI=1S/C20H34/c1-15(2)7-9-19(10-8-16(3)4)20-13-11-18(12-14-20)17(5)6/h11-17,19H,7-10H2,1-6H3. The summed E-state index contributed by atoms with van der Waals surface area (Å²) >= 11 is 0. The van der Waals surface area contributed by atoms with Crippen molar-refractivity contribution >= 4 is 0 Å². The van der Waals surface area contributed by atoms with Crippen molar-refractivity contribution in [2.24, 2.45) is 11.8 Å². The highest BCUT2D eigenvalue weighted by atomic mass is 14.2. The van der Waals surface area contributed by atoms with Crippen molar-refractivity contribution in [2.45, 2.75) is 79.1 Å². The van der Waals surface area contributed by atoms with E-state index in [2.05, 4.69) is 65.8 Å². The fraction of sp³-hybridized carbons (Fsp3) is 0.700. The lowest BCUT2D eigenvalue weighted by molar-refractivity contribution is 0.441. The maximum atomic E-state index is 2.38. The van der Waals surface area contributed by atoms with Crippen LogP contribution < -0.4 is 0 Å². The number of rotatable bonds is 8. The average molecular weight is 274 g/mol. The molecule has 0 aliphatic carbocycles. The van der Waals surface area contributed by atoms with E-state index >= 15 is 0 Å². The van der Waals surface area contributed by atoms with Crippen molar-refractivity contribution in [2.75, 3.05) is 0 Å². The highest BCUT2D eigenvalue weighted by molar-refractivity contribution is 5.27. The molecule has 0 aromatic heterocycles. The highest BCUT2D eigenvalue weighted by Gasteiger charge is 2.13. The molecule has 0 aliphatic heterocycles. The van der Waals surface area contributed by atoms with Crippen LogP contribution in [-0.2, 0) is 0 Å². The van der Waals surface area contributed by atoms with Gasteiger partial charge in [-0.3, -0.25) is 0 Å². The van der Waals surface area contributed by atoms with E-state index < -0.39 is 0 Å². The van der Waals surface area contributed by atoms with Gasteiger partial charge in [0.1, 0.15) is 0 Å². The van der Waals surface area contributed by atoms with E-state index in [1.54, 1.807) is 5.56 Å². The van der Waals surface area contributed by atoms with Crippen LogP contribution in [0.25, 0.3) is 0 Å². The fourth-order valence-corrected chi connectivity index (χ4v) is 2.70. The van der Waals surface area contributed by atoms with Crippen molar-refractivity contribution in [1.29, 1.82) is 0 Å². The minimum atomic E-state index is 0.633. The Labute approximate surface area is 127 Å². The van der Waals surface area contributed by atoms with Gasteiger partial charge in [0, 0.05) is 0 Å². The first kappa shape index (κ1) is 17.3. The van der Waals surface area contributed by atoms with Crippen LogP contribution in [0, 0.1) is 11.8 Å². The van der Waals surface area contributed by atoms with Crippen molar-refractivity contribution < 1.29 is 0 Å². The first-order valence-corrected chi connectivity index (χ1v) is 8.50. The molecule has 0 saturated carbocycles. The lowest BCUT2D eigenvalue weighted by atomic mass is 9.85. The van der Waals surface area contributed by atoms with Crippen molar-refractivity contribution in [3.63, 3.8) is 0 Å². The maximum Gasteiger partial charge on any atom is -0.0162 e. The Balaban J connectivity index is 2.74. The monoisotopic (exact) mass is 274 g/mol. The molecule has 0 heteroatoms. The number of benzene rings is 1. The summed E-state index contributed by atoms with van der Waals surface area (Å²) in [6.45, 7) is 13.9. The largest absolute Gasteiger partial charge is 0.0628 e. The molecule has 0 spiro atoms. The van der Waals surface area contributed by atoms with Gasteiger partial charge in [-0.05, 0) is 47.6 Å². The van der Waals surface area contributed by atoms with Crippen LogP contribution in [0.2, 0.25) is 0 Å². The Kier molecular flexibility index (Phi) is 7.34. The molecule has 1 aromatic rings. The van der Waals surface area contributed by atoms with Gasteiger partial charge in [0.05, 0.1) is 0 Å². The van der Waals surface area contributed by atoms with Crippen molar-refractivity contribution in [3.05, 3.63) is 35.4 Å². The Bertz CT molecular complexity index is 344. The third-order valence-electron chi connectivity index (χ3n) is 4.26. The summed E-state index contributed by atoms with van der Waals surface area (Å²) in [6.07, 6.45) is 5.36. The van der Waals surface area contributed by atoms with Crippen LogP contribution in [-0.4, -0.2) is 0 Å². The number of hydrogen-bond donors (Lipinski definition) is 0. The molecule has 0 heterocycles. The topological polar surface area (TPSA) is 0 Å². The van der Waals surface area contributed by atoms with Crippen LogP contribution in [0.3, 0.4) is 0 Å². The van der Waals surface area contributed by atoms with Gasteiger partial charge in [-0.25, -0.2) is 0 Å². The Morgan fingerprint density at radius 1 is 0.600 bits per heavy atom. The fourth-order valence-electron chi connectivity index (χ4n) is 2.70. The zero-order chi connectivity index (χ0) is 15.1. The molecular formula is C20H34. The van der Waals surface area contributed by atoms with Crippen LogP contribution in [0.5, 0.6) is 0 Å². The van der Waals surface area contributed by atoms with Crippen LogP contribution >= 0.6 is 0 Å². The Hall–Kier alpha value is -0.780. The van der Waals surface area contributed by atoms with Gasteiger partial charge >= 0.3 is 0 Å². The summed E-state index contributed by atoms with van der Waals surface area (Å²) in [5.74, 6) is 3.01. The van der Waals surface area contributed by atoms with Gasteiger partial charge in [0.2, 0.25) is 0 Å². The SMILES string of the molecule is CC(C)CCC(CCC(C)C)c1ccc(C(C)C)cc1. The molecule has 1 aromatic carbocycles. The molecule has 0 aliphatic rings. The third-order valence-corrected chi connectivity index (χ3v) is 4.26. The molecule has 0 atom stereocenters. The molecule has 0 fully saturated rings. The molecule has 0 unspecified atom stereocenters. The molecule has 0 saturated heterocycles. The summed E-state index contributed by atoms with van der Waals surface area (Å²) in [5.41, 5.74) is 3.01. The second-order valence-electron chi connectivity index (χ2n) is 7.46. The van der Waals surface area contributed by atoms with Gasteiger partial charge < -0.3 is 0 Å². The lowest BCUT2D eigenvalue weighted by Crippen LogP contribution is -2.04. The molecule has 0 N–H and O–H groups in total. The minimum Gasteiger partial charge on any atom is -0.0628 e. The summed E-state index contributed by atoms with van der Waals surface area (Å²) in [6, 6.07) is 9.41. The van der Waals surface area contributed by atoms with E-state index in [0.717, 1.165) is 17.8 Å². The highest BCUT2D eigenvalue weighted by Crippen LogP contribution is 2.30. The normalized spacial score (nSPS) is 12.1. The second-order valence-corrected chi connectivity index (χ2v) is 7.46. The van der Waals surface area contributed by atoms with E-state index in [4.69, 9.17) is 0 Å². The summed E-state index contributed by atoms with van der Waals surface area (Å²) < 4.78 is 0. The zero-order valence-corrected chi connectivity index (χ0v) is 14.4. The second kappa shape index (κ2) is 8.49. The molecule has 0 radical (unpaired) electrons. The van der Waals surface area contributed by atoms with Crippen LogP contribution in [0.15, 0.2) is 24.3 Å². The molecule has 0 bridgehead atoms. The van der Waals surface area contributed by atoms with Crippen molar-refractivity contribution in [1.82, 2.24) is 0 Å². The van der Waals surface area contributed by atoms with E-state index in [1.165, 1.54) is 31.2 Å². The zero-order valence-electron chi connectivity index (χ0n) is 14.4. The minimum absolute atomic E-state index is 0.633. The Morgan fingerprint density at radius 2 is 1.00 bits per heavy atom. The van der Waals surface area contributed by atoms with E-state index in [1.807, 2.05) is 0 Å². The van der Waals surface area contributed by atoms with Gasteiger partial charge in [-0.2, -0.15) is 0 Å². The van der Waals surface area contributed by atoms with Crippen LogP contribution in [0.1, 0.15) is 90.2 Å². The molecule has 114 valence electrons. The van der Waals surface area contributed by atoms with E-state index in [0.29, 0.717) is 5.92 Å². The Morgan fingerprint density at radius 3 is 1.35 bits per heavy atom. The van der Waals surface area contributed by atoms with E-state index in [-0.39, 0.29) is 0 Å². The quantitative estimate of drug-likeness (QED) is 0.491. The third kappa shape index (κ3) is 6.11. The molecule has 20 heavy (non-hydrogen) atoms. The molecular weight excluding hydrogens is 240 g/mol. The van der Waals surface area contributed by atoms with Gasteiger partial charge in [-0.1, -0.05) is 78.6 Å². The molecule has 1 rings (SSSR count). The summed E-state index contributed by atoms with van der Waals surface area (Å²) in [7, 11) is 0. The first-order valence-electron chi connectivity index (χ1n) is 8.50. The first-order chi connectivity index (χ1) is 9.40. The molecule has 0 nitrogen and oxygen atoms in total. The predicted molar refractivity (Wildman–Crippen MR) is 91.4 cm³/mol. The number of hydrogen-bond acceptors (Lipinski definition) is 0. The van der Waals surface area contributed by atoms with Gasteiger partial charge in [-0.15, -0.1) is 0 Å². The summed E-state index contributed by atoms with van der Waals surface area (Å²) in [5, 5.41) is 0. The van der Waals surface area contributed by atoms with Gasteiger partial charge in [0.25, 0.3) is 0 Å². The average Bonchev–Trinajstić information content (AvgIpc) is 2.38. The van der Waals surface area contributed by atoms with Gasteiger partial charge in [0.15, 0.2) is 0 Å². The van der Waals surface area contributed by atoms with E-state index in [9.17, 15) is 0 Å². The van der Waals surface area contributed by atoms with Crippen molar-refractivity contribution in [3.8, 4) is 0 Å².